The second-order valence-corrected chi connectivity index (χ2v) is 9.22. The summed E-state index contributed by atoms with van der Waals surface area (Å²) in [5, 5.41) is 0.774. The molecular weight excluding hydrogens is 410 g/mol. The van der Waals surface area contributed by atoms with Crippen molar-refractivity contribution in [2.24, 2.45) is 0 Å². The zero-order valence-electron chi connectivity index (χ0n) is 18.4. The van der Waals surface area contributed by atoms with E-state index in [1.165, 1.54) is 0 Å². The van der Waals surface area contributed by atoms with Crippen LogP contribution in [0.25, 0.3) is 0 Å². The maximum absolute atomic E-state index is 13.2. The van der Waals surface area contributed by atoms with Gasteiger partial charge in [-0.15, -0.1) is 0 Å². The molecule has 0 unspecified atom stereocenters. The van der Waals surface area contributed by atoms with Crippen molar-refractivity contribution in [3.8, 4) is 0 Å². The summed E-state index contributed by atoms with van der Waals surface area (Å²) in [4.78, 5) is 31.2. The van der Waals surface area contributed by atoms with Crippen LogP contribution >= 0.6 is 11.8 Å². The van der Waals surface area contributed by atoms with Crippen LogP contribution in [-0.4, -0.2) is 76.1 Å². The van der Waals surface area contributed by atoms with E-state index in [-0.39, 0.29) is 17.9 Å². The summed E-state index contributed by atoms with van der Waals surface area (Å²) in [6.45, 7) is 8.72. The monoisotopic (exact) mass is 441 g/mol. The van der Waals surface area contributed by atoms with Gasteiger partial charge in [0.05, 0.1) is 30.6 Å². The van der Waals surface area contributed by atoms with Crippen LogP contribution < -0.4 is 0 Å². The van der Waals surface area contributed by atoms with Gasteiger partial charge in [0.25, 0.3) is 0 Å². The first-order chi connectivity index (χ1) is 15.1. The van der Waals surface area contributed by atoms with Gasteiger partial charge in [-0.3, -0.25) is 14.7 Å². The second-order valence-electron chi connectivity index (χ2n) is 8.28. The second kappa shape index (κ2) is 10.5. The Morgan fingerprint density at radius 1 is 1.26 bits per heavy atom. The van der Waals surface area contributed by atoms with E-state index in [1.54, 1.807) is 11.8 Å². The molecule has 2 aromatic rings. The lowest BCUT2D eigenvalue weighted by Gasteiger charge is -2.38. The van der Waals surface area contributed by atoms with Crippen molar-refractivity contribution in [1.29, 1.82) is 0 Å². The first kappa shape index (κ1) is 22.2. The number of carbonyl (C=O) groups is 1. The number of amides is 1. The van der Waals surface area contributed by atoms with Gasteiger partial charge in [0, 0.05) is 50.2 Å². The molecule has 2 aromatic heterocycles. The lowest BCUT2D eigenvalue weighted by Crippen LogP contribution is -2.52. The number of ether oxygens (including phenoxy) is 1. The molecule has 2 fully saturated rings. The minimum Gasteiger partial charge on any atom is -0.379 e. The third kappa shape index (κ3) is 5.61. The molecule has 0 saturated carbocycles. The topological polar surface area (TPSA) is 71.5 Å². The third-order valence-electron chi connectivity index (χ3n) is 6.13. The molecule has 1 amide bonds. The molecule has 2 saturated heterocycles. The molecule has 166 valence electrons. The Kier molecular flexibility index (Phi) is 7.53. The summed E-state index contributed by atoms with van der Waals surface area (Å²) in [6, 6.07) is 5.83. The molecule has 0 N–H and O–H groups in total. The molecule has 4 heterocycles. The molecule has 0 aromatic carbocycles. The van der Waals surface area contributed by atoms with Crippen molar-refractivity contribution < 1.29 is 9.53 Å². The van der Waals surface area contributed by atoms with Crippen molar-refractivity contribution in [3.63, 3.8) is 0 Å². The van der Waals surface area contributed by atoms with E-state index in [1.807, 2.05) is 42.4 Å². The van der Waals surface area contributed by atoms with Crippen molar-refractivity contribution in [2.75, 3.05) is 39.4 Å². The highest BCUT2D eigenvalue weighted by Crippen LogP contribution is 2.30. The molecule has 2 aliphatic rings. The molecule has 2 atom stereocenters. The number of hydrogen-bond donors (Lipinski definition) is 0. The van der Waals surface area contributed by atoms with Gasteiger partial charge in [-0.05, 0) is 44.4 Å². The van der Waals surface area contributed by atoms with Gasteiger partial charge in [0.2, 0.25) is 5.91 Å². The van der Waals surface area contributed by atoms with Crippen LogP contribution in [-0.2, 0) is 15.3 Å². The van der Waals surface area contributed by atoms with Crippen LogP contribution in [0.1, 0.15) is 42.6 Å². The maximum Gasteiger partial charge on any atom is 0.239 e. The molecule has 4 rings (SSSR count). The number of piperidine rings is 1. The van der Waals surface area contributed by atoms with E-state index < -0.39 is 0 Å². The van der Waals surface area contributed by atoms with Crippen LogP contribution in [0.3, 0.4) is 0 Å². The Morgan fingerprint density at radius 2 is 2.10 bits per heavy atom. The minimum absolute atomic E-state index is 0.0985. The van der Waals surface area contributed by atoms with Gasteiger partial charge in [-0.2, -0.15) is 0 Å². The number of likely N-dealkylation sites (tertiary alicyclic amines) is 1. The zero-order valence-corrected chi connectivity index (χ0v) is 19.2. The summed E-state index contributed by atoms with van der Waals surface area (Å²) in [6.07, 6.45) is 5.78. The van der Waals surface area contributed by atoms with Crippen LogP contribution in [0.2, 0.25) is 0 Å². The van der Waals surface area contributed by atoms with Crippen LogP contribution in [0.5, 0.6) is 0 Å². The fourth-order valence-corrected chi connectivity index (χ4v) is 5.07. The van der Waals surface area contributed by atoms with Gasteiger partial charge in [0.1, 0.15) is 0 Å². The molecule has 0 aliphatic carbocycles. The van der Waals surface area contributed by atoms with E-state index in [0.29, 0.717) is 13.2 Å². The predicted octanol–water partition coefficient (Wildman–Crippen LogP) is 2.90. The van der Waals surface area contributed by atoms with E-state index in [9.17, 15) is 4.79 Å². The number of carbonyl (C=O) groups excluding carboxylic acids is 1. The van der Waals surface area contributed by atoms with Crippen LogP contribution in [0.15, 0.2) is 35.7 Å². The number of nitrogens with zero attached hydrogens (tertiary/aromatic N) is 5. The maximum atomic E-state index is 13.2. The van der Waals surface area contributed by atoms with Crippen LogP contribution in [0, 0.1) is 6.92 Å². The molecule has 8 heteroatoms. The molecule has 7 nitrogen and oxygen atoms in total. The van der Waals surface area contributed by atoms with Gasteiger partial charge >= 0.3 is 0 Å². The van der Waals surface area contributed by atoms with Gasteiger partial charge in [-0.1, -0.05) is 17.8 Å². The number of hydrogen-bond acceptors (Lipinski definition) is 7. The number of thioether (sulfide) groups is 1. The van der Waals surface area contributed by atoms with E-state index in [2.05, 4.69) is 21.8 Å². The van der Waals surface area contributed by atoms with Gasteiger partial charge in [0.15, 0.2) is 5.16 Å². The summed E-state index contributed by atoms with van der Waals surface area (Å²) < 4.78 is 5.44. The smallest absolute Gasteiger partial charge is 0.239 e. The molecular formula is C23H31N5O2S. The van der Waals surface area contributed by atoms with Crippen molar-refractivity contribution in [2.45, 2.75) is 49.6 Å². The Morgan fingerprint density at radius 3 is 2.87 bits per heavy atom. The van der Waals surface area contributed by atoms with E-state index >= 15 is 0 Å². The van der Waals surface area contributed by atoms with Crippen molar-refractivity contribution in [3.05, 3.63) is 47.5 Å². The van der Waals surface area contributed by atoms with Gasteiger partial charge < -0.3 is 9.64 Å². The van der Waals surface area contributed by atoms with Crippen molar-refractivity contribution in [1.82, 2.24) is 24.8 Å². The number of rotatable bonds is 6. The van der Waals surface area contributed by atoms with Crippen molar-refractivity contribution >= 4 is 17.7 Å². The molecule has 0 bridgehead atoms. The number of pyridine rings is 1. The Bertz CT molecular complexity index is 876. The number of aromatic nitrogens is 3. The summed E-state index contributed by atoms with van der Waals surface area (Å²) in [7, 11) is 0. The minimum atomic E-state index is -0.0985. The summed E-state index contributed by atoms with van der Waals surface area (Å²) in [5.74, 6) is 1.23. The normalized spacial score (nSPS) is 21.1. The Labute approximate surface area is 188 Å². The van der Waals surface area contributed by atoms with Gasteiger partial charge in [-0.25, -0.2) is 9.97 Å². The third-order valence-corrected chi connectivity index (χ3v) is 7.03. The van der Waals surface area contributed by atoms with Crippen LogP contribution in [0.4, 0.5) is 0 Å². The lowest BCUT2D eigenvalue weighted by molar-refractivity contribution is -0.139. The van der Waals surface area contributed by atoms with E-state index in [4.69, 9.17) is 9.72 Å². The SMILES string of the molecule is Cc1cnc(SCc2ccccn2)nc1[C@H]1CCCN(C(=O)[C@H](C)N2CCOCC2)C1. The highest BCUT2D eigenvalue weighted by atomic mass is 32.2. The number of morpholine rings is 1. The lowest BCUT2D eigenvalue weighted by atomic mass is 9.92. The average molecular weight is 442 g/mol. The molecule has 2 aliphatic heterocycles. The zero-order chi connectivity index (χ0) is 21.6. The quantitative estimate of drug-likeness (QED) is 0.504. The fraction of sp³-hybridized carbons (Fsp3) is 0.565. The highest BCUT2D eigenvalue weighted by molar-refractivity contribution is 7.98. The standard InChI is InChI=1S/C23H31N5O2S/c1-17-14-25-23(31-16-20-7-3-4-8-24-20)26-21(17)19-6-5-9-28(15-19)22(29)18(2)27-10-12-30-13-11-27/h3-4,7-8,14,18-19H,5-6,9-13,15-16H2,1-2H3/t18-,19-/m0/s1. The average Bonchev–Trinajstić information content (AvgIpc) is 2.84. The first-order valence-corrected chi connectivity index (χ1v) is 12.1. The fourth-order valence-electron chi connectivity index (χ4n) is 4.33. The Hall–Kier alpha value is -2.03. The summed E-state index contributed by atoms with van der Waals surface area (Å²) in [5.41, 5.74) is 3.20. The first-order valence-electron chi connectivity index (χ1n) is 11.1. The Balaban J connectivity index is 1.41. The largest absolute Gasteiger partial charge is 0.379 e. The molecule has 0 radical (unpaired) electrons. The van der Waals surface area contributed by atoms with E-state index in [0.717, 1.165) is 66.9 Å². The molecule has 31 heavy (non-hydrogen) atoms. The summed E-state index contributed by atoms with van der Waals surface area (Å²) >= 11 is 1.61. The predicted molar refractivity (Wildman–Crippen MR) is 121 cm³/mol. The highest BCUT2D eigenvalue weighted by Gasteiger charge is 2.32. The molecule has 0 spiro atoms. The number of aryl methyl sites for hydroxylation is 1.